The topological polar surface area (TPSA) is 71.4 Å². The largest absolute Gasteiger partial charge is 0.573 e. The maximum atomic E-state index is 12.2. The molecule has 1 fully saturated rings. The summed E-state index contributed by atoms with van der Waals surface area (Å²) in [7, 11) is 0. The van der Waals surface area contributed by atoms with E-state index in [1.54, 1.807) is 6.07 Å². The number of rotatable bonds is 3. The van der Waals surface area contributed by atoms with Crippen molar-refractivity contribution < 1.29 is 27.4 Å². The van der Waals surface area contributed by atoms with E-state index < -0.39 is 18.2 Å². The lowest BCUT2D eigenvalue weighted by Crippen LogP contribution is -2.26. The lowest BCUT2D eigenvalue weighted by atomic mass is 10.1. The molecule has 0 saturated carbocycles. The minimum Gasteiger partial charge on any atom is -0.404 e. The Morgan fingerprint density at radius 1 is 1.48 bits per heavy atom. The Morgan fingerprint density at radius 3 is 2.81 bits per heavy atom. The highest BCUT2D eigenvalue weighted by Crippen LogP contribution is 2.28. The zero-order valence-corrected chi connectivity index (χ0v) is 10.7. The minimum absolute atomic E-state index is 0.210. The van der Waals surface area contributed by atoms with Crippen molar-refractivity contribution in [3.8, 4) is 11.8 Å². The molecule has 1 aromatic rings. The molecule has 1 N–H and O–H groups in total. The molecule has 2 rings (SSSR count). The Balaban J connectivity index is 2.11. The summed E-state index contributed by atoms with van der Waals surface area (Å²) < 4.78 is 45.4. The molecule has 1 atom stereocenters. The number of ether oxygens (including phenoxy) is 2. The van der Waals surface area contributed by atoms with Gasteiger partial charge in [0.05, 0.1) is 5.56 Å². The summed E-state index contributed by atoms with van der Waals surface area (Å²) in [5, 5.41) is 11.3. The first-order chi connectivity index (χ1) is 9.89. The number of carbonyl (C=O) groups excluding carboxylic acids is 1. The van der Waals surface area contributed by atoms with Crippen molar-refractivity contribution in [3.63, 3.8) is 0 Å². The first kappa shape index (κ1) is 15.1. The van der Waals surface area contributed by atoms with E-state index in [4.69, 9.17) is 10.00 Å². The van der Waals surface area contributed by atoms with Gasteiger partial charge in [-0.25, -0.2) is 0 Å². The smallest absolute Gasteiger partial charge is 0.404 e. The second kappa shape index (κ2) is 6.01. The zero-order chi connectivity index (χ0) is 15.5. The van der Waals surface area contributed by atoms with E-state index >= 15 is 0 Å². The van der Waals surface area contributed by atoms with Gasteiger partial charge in [-0.2, -0.15) is 5.26 Å². The number of nitrogens with one attached hydrogen (secondary N) is 1. The predicted octanol–water partition coefficient (Wildman–Crippen LogP) is 2.57. The summed E-state index contributed by atoms with van der Waals surface area (Å²) in [5.74, 6) is -0.999. The molecule has 0 unspecified atom stereocenters. The van der Waals surface area contributed by atoms with Gasteiger partial charge in [0, 0.05) is 12.3 Å². The second-order valence-corrected chi connectivity index (χ2v) is 4.36. The normalized spacial score (nSPS) is 18.1. The highest BCUT2D eigenvalue weighted by atomic mass is 19.4. The number of nitrogens with zero attached hydrogens (tertiary/aromatic N) is 1. The molecule has 1 heterocycles. The van der Waals surface area contributed by atoms with E-state index in [1.165, 1.54) is 6.07 Å². The van der Waals surface area contributed by atoms with Crippen LogP contribution in [-0.2, 0) is 9.53 Å². The first-order valence-corrected chi connectivity index (χ1v) is 6.11. The maximum Gasteiger partial charge on any atom is 0.573 e. The van der Waals surface area contributed by atoms with Crippen LogP contribution in [0, 0.1) is 11.3 Å². The average molecular weight is 300 g/mol. The summed E-state index contributed by atoms with van der Waals surface area (Å²) in [5.41, 5.74) is -0.112. The number of amides is 1. The molecule has 1 aromatic carbocycles. The second-order valence-electron chi connectivity index (χ2n) is 4.36. The molecular weight excluding hydrogens is 289 g/mol. The number of halogens is 3. The lowest BCUT2D eigenvalue weighted by Gasteiger charge is -2.13. The monoisotopic (exact) mass is 300 g/mol. The van der Waals surface area contributed by atoms with Crippen molar-refractivity contribution in [2.75, 3.05) is 11.9 Å². The van der Waals surface area contributed by atoms with E-state index in [9.17, 15) is 18.0 Å². The van der Waals surface area contributed by atoms with E-state index in [0.29, 0.717) is 13.0 Å². The third-order valence-electron chi connectivity index (χ3n) is 2.82. The van der Waals surface area contributed by atoms with Gasteiger partial charge < -0.3 is 14.8 Å². The summed E-state index contributed by atoms with van der Waals surface area (Å²) in [6.07, 6.45) is -4.08. The standard InChI is InChI=1S/C13H11F3N2O3/c14-13(15,16)21-10-4-3-9(6-8(10)7-17)18-12(19)11-2-1-5-20-11/h3-4,6,11H,1-2,5H2,(H,18,19)/t11-/m1/s1. The zero-order valence-electron chi connectivity index (χ0n) is 10.7. The van der Waals surface area contributed by atoms with Crippen LogP contribution in [0.15, 0.2) is 18.2 Å². The van der Waals surface area contributed by atoms with Crippen LogP contribution in [0.4, 0.5) is 18.9 Å². The molecule has 1 aliphatic heterocycles. The SMILES string of the molecule is N#Cc1cc(NC(=O)[C@H]2CCCO2)ccc1OC(F)(F)F. The summed E-state index contributed by atoms with van der Waals surface area (Å²) in [6.45, 7) is 0.500. The van der Waals surface area contributed by atoms with Gasteiger partial charge in [0.1, 0.15) is 17.9 Å². The molecule has 1 aliphatic rings. The predicted molar refractivity (Wildman–Crippen MR) is 65.4 cm³/mol. The fraction of sp³-hybridized carbons (Fsp3) is 0.385. The number of alkyl halides is 3. The van der Waals surface area contributed by atoms with Gasteiger partial charge in [-0.1, -0.05) is 0 Å². The van der Waals surface area contributed by atoms with Crippen LogP contribution in [0.1, 0.15) is 18.4 Å². The molecule has 0 aliphatic carbocycles. The fourth-order valence-electron chi connectivity index (χ4n) is 1.92. The quantitative estimate of drug-likeness (QED) is 0.931. The first-order valence-electron chi connectivity index (χ1n) is 6.11. The highest BCUT2D eigenvalue weighted by molar-refractivity contribution is 5.94. The van der Waals surface area contributed by atoms with Crippen molar-refractivity contribution in [2.24, 2.45) is 0 Å². The van der Waals surface area contributed by atoms with Gasteiger partial charge in [0.25, 0.3) is 5.91 Å². The number of carbonyl (C=O) groups is 1. The van der Waals surface area contributed by atoms with Gasteiger partial charge in [0.2, 0.25) is 0 Å². The van der Waals surface area contributed by atoms with Gasteiger partial charge in [-0.15, -0.1) is 13.2 Å². The third-order valence-corrected chi connectivity index (χ3v) is 2.82. The fourth-order valence-corrected chi connectivity index (χ4v) is 1.92. The highest BCUT2D eigenvalue weighted by Gasteiger charge is 2.32. The molecule has 0 spiro atoms. The summed E-state index contributed by atoms with van der Waals surface area (Å²) in [6, 6.07) is 4.93. The number of hydrogen-bond donors (Lipinski definition) is 1. The summed E-state index contributed by atoms with van der Waals surface area (Å²) in [4.78, 5) is 11.8. The van der Waals surface area contributed by atoms with Crippen LogP contribution >= 0.6 is 0 Å². The van der Waals surface area contributed by atoms with Gasteiger partial charge >= 0.3 is 6.36 Å². The number of hydrogen-bond acceptors (Lipinski definition) is 4. The van der Waals surface area contributed by atoms with E-state index in [0.717, 1.165) is 18.6 Å². The van der Waals surface area contributed by atoms with Crippen molar-refractivity contribution in [3.05, 3.63) is 23.8 Å². The van der Waals surface area contributed by atoms with Crippen LogP contribution < -0.4 is 10.1 Å². The molecule has 0 aromatic heterocycles. The molecule has 8 heteroatoms. The Bertz CT molecular complexity index is 575. The van der Waals surface area contributed by atoms with E-state index in [2.05, 4.69) is 10.1 Å². The van der Waals surface area contributed by atoms with Crippen LogP contribution in [0.3, 0.4) is 0 Å². The molecule has 1 amide bonds. The van der Waals surface area contributed by atoms with Crippen LogP contribution in [0.25, 0.3) is 0 Å². The van der Waals surface area contributed by atoms with Crippen molar-refractivity contribution in [2.45, 2.75) is 25.3 Å². The van der Waals surface area contributed by atoms with E-state index in [1.807, 2.05) is 0 Å². The molecule has 21 heavy (non-hydrogen) atoms. The Labute approximate surface area is 118 Å². The number of nitriles is 1. The summed E-state index contributed by atoms with van der Waals surface area (Å²) >= 11 is 0. The van der Waals surface area contributed by atoms with Crippen LogP contribution in [0.5, 0.6) is 5.75 Å². The van der Waals surface area contributed by atoms with Gasteiger partial charge in [-0.3, -0.25) is 4.79 Å². The average Bonchev–Trinajstić information content (AvgIpc) is 2.93. The number of anilines is 1. The van der Waals surface area contributed by atoms with E-state index in [-0.39, 0.29) is 17.2 Å². The van der Waals surface area contributed by atoms with Gasteiger partial charge in [0.15, 0.2) is 0 Å². The molecule has 0 bridgehead atoms. The lowest BCUT2D eigenvalue weighted by molar-refractivity contribution is -0.274. The molecule has 112 valence electrons. The van der Waals surface area contributed by atoms with Crippen molar-refractivity contribution in [1.82, 2.24) is 0 Å². The van der Waals surface area contributed by atoms with Crippen LogP contribution in [-0.4, -0.2) is 25.0 Å². The Kier molecular flexibility index (Phi) is 4.33. The molecule has 0 radical (unpaired) electrons. The van der Waals surface area contributed by atoms with Crippen LogP contribution in [0.2, 0.25) is 0 Å². The Hall–Kier alpha value is -2.27. The third kappa shape index (κ3) is 4.10. The molecule has 5 nitrogen and oxygen atoms in total. The molecular formula is C13H11F3N2O3. The van der Waals surface area contributed by atoms with Crippen molar-refractivity contribution in [1.29, 1.82) is 5.26 Å². The maximum absolute atomic E-state index is 12.2. The molecule has 1 saturated heterocycles. The minimum atomic E-state index is -4.88. The Morgan fingerprint density at radius 2 is 2.24 bits per heavy atom. The van der Waals surface area contributed by atoms with Gasteiger partial charge in [-0.05, 0) is 31.0 Å². The van der Waals surface area contributed by atoms with Crippen molar-refractivity contribution >= 4 is 11.6 Å². The number of benzene rings is 1.